The van der Waals surface area contributed by atoms with Crippen LogP contribution < -0.4 is 14.9 Å². The lowest BCUT2D eigenvalue weighted by Gasteiger charge is -2.11. The smallest absolute Gasteiger partial charge is 0.371 e. The molecule has 2 rings (SSSR count). The second-order valence-corrected chi connectivity index (χ2v) is 4.93. The van der Waals surface area contributed by atoms with Crippen LogP contribution >= 0.6 is 0 Å². The number of benzene rings is 1. The van der Waals surface area contributed by atoms with Crippen molar-refractivity contribution in [1.29, 1.82) is 0 Å². The molecule has 2 aromatic rings. The summed E-state index contributed by atoms with van der Waals surface area (Å²) in [5.74, 6) is -0.181. The second-order valence-electron chi connectivity index (χ2n) is 4.93. The molecular weight excluding hydrogens is 328 g/mol. The van der Waals surface area contributed by atoms with E-state index < -0.39 is 5.97 Å². The first kappa shape index (κ1) is 18.1. The third kappa shape index (κ3) is 5.38. The predicted octanol–water partition coefficient (Wildman–Crippen LogP) is 2.43. The summed E-state index contributed by atoms with van der Waals surface area (Å²) < 4.78 is 16.3. The summed E-state index contributed by atoms with van der Waals surface area (Å²) in [6.45, 7) is 3.71. The molecule has 0 saturated carbocycles. The Morgan fingerprint density at radius 1 is 1.24 bits per heavy atom. The molecule has 0 radical (unpaired) electrons. The van der Waals surface area contributed by atoms with Crippen LogP contribution in [0.5, 0.6) is 11.5 Å². The highest BCUT2D eigenvalue weighted by Gasteiger charge is 2.11. The Balaban J connectivity index is 2.09. The molecule has 0 saturated heterocycles. The molecule has 1 heterocycles. The Bertz CT molecular complexity index is 781. The van der Waals surface area contributed by atoms with Crippen molar-refractivity contribution < 1.29 is 28.6 Å². The molecule has 1 aromatic carbocycles. The molecule has 0 fully saturated rings. The molecule has 0 spiro atoms. The van der Waals surface area contributed by atoms with Crippen LogP contribution in [0.4, 0.5) is 0 Å². The van der Waals surface area contributed by atoms with E-state index in [0.29, 0.717) is 23.9 Å². The lowest BCUT2D eigenvalue weighted by molar-refractivity contribution is -0.118. The van der Waals surface area contributed by atoms with Gasteiger partial charge >= 0.3 is 5.97 Å². The SMILES string of the molecule is CCOc1cc(C=NNC(C)=O)ccc1OCc1ccc(C(=O)O)o1. The highest BCUT2D eigenvalue weighted by molar-refractivity contribution is 5.84. The quantitative estimate of drug-likeness (QED) is 0.561. The number of nitrogens with one attached hydrogen (secondary N) is 1. The molecule has 1 aromatic heterocycles. The Hall–Kier alpha value is -3.29. The van der Waals surface area contributed by atoms with E-state index in [1.807, 2.05) is 6.92 Å². The Morgan fingerprint density at radius 2 is 2.04 bits per heavy atom. The predicted molar refractivity (Wildman–Crippen MR) is 89.0 cm³/mol. The Morgan fingerprint density at radius 3 is 2.68 bits per heavy atom. The number of carbonyl (C=O) groups excluding carboxylic acids is 1. The fourth-order valence-corrected chi connectivity index (χ4v) is 1.91. The zero-order chi connectivity index (χ0) is 18.2. The number of furan rings is 1. The van der Waals surface area contributed by atoms with Gasteiger partial charge in [0.25, 0.3) is 0 Å². The van der Waals surface area contributed by atoms with Crippen LogP contribution in [0.25, 0.3) is 0 Å². The first-order chi connectivity index (χ1) is 12.0. The molecule has 8 nitrogen and oxygen atoms in total. The number of hydrazone groups is 1. The fourth-order valence-electron chi connectivity index (χ4n) is 1.91. The summed E-state index contributed by atoms with van der Waals surface area (Å²) in [7, 11) is 0. The van der Waals surface area contributed by atoms with Crippen LogP contribution in [0.3, 0.4) is 0 Å². The number of rotatable bonds is 8. The van der Waals surface area contributed by atoms with E-state index in [4.69, 9.17) is 19.0 Å². The summed E-state index contributed by atoms with van der Waals surface area (Å²) in [5, 5.41) is 12.6. The van der Waals surface area contributed by atoms with Gasteiger partial charge in [0.15, 0.2) is 11.5 Å². The molecule has 132 valence electrons. The van der Waals surface area contributed by atoms with Crippen molar-refractivity contribution in [2.24, 2.45) is 5.10 Å². The Labute approximate surface area is 144 Å². The van der Waals surface area contributed by atoms with Crippen LogP contribution in [0.2, 0.25) is 0 Å². The molecule has 0 atom stereocenters. The molecule has 8 heteroatoms. The lowest BCUT2D eigenvalue weighted by Crippen LogP contribution is -2.12. The van der Waals surface area contributed by atoms with Crippen LogP contribution in [0, 0.1) is 0 Å². The molecular formula is C17H18N2O6. The lowest BCUT2D eigenvalue weighted by atomic mass is 10.2. The zero-order valence-electron chi connectivity index (χ0n) is 13.8. The number of carboxylic acids is 1. The normalized spacial score (nSPS) is 10.6. The summed E-state index contributed by atoms with van der Waals surface area (Å²) in [6.07, 6.45) is 1.49. The first-order valence-electron chi connectivity index (χ1n) is 7.51. The topological polar surface area (TPSA) is 110 Å². The molecule has 0 bridgehead atoms. The minimum absolute atomic E-state index is 0.0622. The molecule has 2 N–H and O–H groups in total. The molecule has 0 aliphatic carbocycles. The van der Waals surface area contributed by atoms with Gasteiger partial charge in [0, 0.05) is 6.92 Å². The summed E-state index contributed by atoms with van der Waals surface area (Å²) in [6, 6.07) is 8.06. The maximum atomic E-state index is 10.8. The summed E-state index contributed by atoms with van der Waals surface area (Å²) in [5.41, 5.74) is 3.03. The minimum Gasteiger partial charge on any atom is -0.490 e. The first-order valence-corrected chi connectivity index (χ1v) is 7.51. The van der Waals surface area contributed by atoms with E-state index in [0.717, 1.165) is 5.56 Å². The summed E-state index contributed by atoms with van der Waals surface area (Å²) in [4.78, 5) is 21.6. The van der Waals surface area contributed by atoms with Crippen molar-refractivity contribution >= 4 is 18.1 Å². The number of nitrogens with zero attached hydrogens (tertiary/aromatic N) is 1. The highest BCUT2D eigenvalue weighted by atomic mass is 16.5. The van der Waals surface area contributed by atoms with Gasteiger partial charge in [-0.1, -0.05) is 0 Å². The van der Waals surface area contributed by atoms with E-state index in [2.05, 4.69) is 10.5 Å². The van der Waals surface area contributed by atoms with E-state index in [1.165, 1.54) is 25.3 Å². The number of amides is 1. The average molecular weight is 346 g/mol. The van der Waals surface area contributed by atoms with Gasteiger partial charge in [-0.2, -0.15) is 5.10 Å². The van der Waals surface area contributed by atoms with Crippen molar-refractivity contribution in [2.75, 3.05) is 6.61 Å². The standard InChI is InChI=1S/C17H18N2O6/c1-3-23-16-8-12(9-18-19-11(2)20)4-6-14(16)24-10-13-5-7-15(25-13)17(21)22/h4-9H,3,10H2,1-2H3,(H,19,20)(H,21,22). The highest BCUT2D eigenvalue weighted by Crippen LogP contribution is 2.29. The number of hydrogen-bond donors (Lipinski definition) is 2. The van der Waals surface area contributed by atoms with Crippen LogP contribution in [-0.4, -0.2) is 29.8 Å². The van der Waals surface area contributed by atoms with Gasteiger partial charge in [-0.25, -0.2) is 10.2 Å². The van der Waals surface area contributed by atoms with Crippen molar-refractivity contribution in [1.82, 2.24) is 5.43 Å². The number of hydrogen-bond acceptors (Lipinski definition) is 6. The summed E-state index contributed by atoms with van der Waals surface area (Å²) >= 11 is 0. The van der Waals surface area contributed by atoms with E-state index in [1.54, 1.807) is 18.2 Å². The van der Waals surface area contributed by atoms with Crippen LogP contribution in [-0.2, 0) is 11.4 Å². The monoisotopic (exact) mass is 346 g/mol. The van der Waals surface area contributed by atoms with Gasteiger partial charge in [0.2, 0.25) is 11.7 Å². The minimum atomic E-state index is -1.14. The number of aromatic carboxylic acids is 1. The number of ether oxygens (including phenoxy) is 2. The number of carboxylic acid groups (broad SMARTS) is 1. The van der Waals surface area contributed by atoms with E-state index >= 15 is 0 Å². The second kappa shape index (κ2) is 8.53. The zero-order valence-corrected chi connectivity index (χ0v) is 13.8. The van der Waals surface area contributed by atoms with Crippen molar-refractivity contribution in [3.8, 4) is 11.5 Å². The van der Waals surface area contributed by atoms with Gasteiger partial charge in [0.05, 0.1) is 12.8 Å². The molecule has 0 unspecified atom stereocenters. The van der Waals surface area contributed by atoms with Gasteiger partial charge < -0.3 is 19.0 Å². The largest absolute Gasteiger partial charge is 0.490 e. The fraction of sp³-hybridized carbons (Fsp3) is 0.235. The molecule has 0 aliphatic heterocycles. The van der Waals surface area contributed by atoms with Gasteiger partial charge in [-0.15, -0.1) is 0 Å². The van der Waals surface area contributed by atoms with Gasteiger partial charge in [-0.05, 0) is 42.8 Å². The van der Waals surface area contributed by atoms with Gasteiger partial charge in [0.1, 0.15) is 12.4 Å². The maximum Gasteiger partial charge on any atom is 0.371 e. The van der Waals surface area contributed by atoms with Crippen molar-refractivity contribution in [3.05, 3.63) is 47.4 Å². The van der Waals surface area contributed by atoms with Crippen LogP contribution in [0.15, 0.2) is 39.9 Å². The third-order valence-corrected chi connectivity index (χ3v) is 2.95. The molecule has 25 heavy (non-hydrogen) atoms. The van der Waals surface area contributed by atoms with Crippen molar-refractivity contribution in [3.63, 3.8) is 0 Å². The number of carbonyl (C=O) groups is 2. The molecule has 0 aliphatic rings. The Kier molecular flexibility index (Phi) is 6.16. The van der Waals surface area contributed by atoms with E-state index in [-0.39, 0.29) is 18.3 Å². The average Bonchev–Trinajstić information content (AvgIpc) is 3.03. The third-order valence-electron chi connectivity index (χ3n) is 2.95. The van der Waals surface area contributed by atoms with E-state index in [9.17, 15) is 9.59 Å². The van der Waals surface area contributed by atoms with Crippen molar-refractivity contribution in [2.45, 2.75) is 20.5 Å². The maximum absolute atomic E-state index is 10.8. The molecule has 1 amide bonds. The van der Waals surface area contributed by atoms with Crippen LogP contribution in [0.1, 0.15) is 35.7 Å². The van der Waals surface area contributed by atoms with Gasteiger partial charge in [-0.3, -0.25) is 4.79 Å².